The number of hydrogen-bond donors (Lipinski definition) is 2. The number of nitrogens with zero attached hydrogens (tertiary/aromatic N) is 1. The molecule has 2 N–H and O–H groups in total. The standard InChI is InChI=1S/C18H15N3/c1-2-7-14(8-3-1)17-19-18(21-20-17)16-11-10-13-6-4-5-9-15(13)12-16/h1-12,17,20H,(H,19,21). The lowest BCUT2D eigenvalue weighted by Gasteiger charge is -2.06. The summed E-state index contributed by atoms with van der Waals surface area (Å²) in [4.78, 5) is 4.73. The average molecular weight is 273 g/mol. The number of fused-ring (bicyclic) bond motifs is 1. The smallest absolute Gasteiger partial charge is 0.144 e. The highest BCUT2D eigenvalue weighted by Gasteiger charge is 2.18. The van der Waals surface area contributed by atoms with Crippen molar-refractivity contribution in [3.8, 4) is 0 Å². The van der Waals surface area contributed by atoms with Crippen LogP contribution >= 0.6 is 0 Å². The maximum atomic E-state index is 4.73. The van der Waals surface area contributed by atoms with Gasteiger partial charge in [0.2, 0.25) is 0 Å². The molecular formula is C18H15N3. The van der Waals surface area contributed by atoms with Crippen molar-refractivity contribution in [2.24, 2.45) is 4.99 Å². The van der Waals surface area contributed by atoms with Crippen LogP contribution in [-0.4, -0.2) is 5.84 Å². The number of benzene rings is 3. The lowest BCUT2D eigenvalue weighted by molar-refractivity contribution is 0.575. The SMILES string of the molecule is c1ccc(C2N=C(c3ccc4ccccc4c3)NN2)cc1. The Bertz CT molecular complexity index is 809. The molecule has 0 fully saturated rings. The van der Waals surface area contributed by atoms with E-state index in [4.69, 9.17) is 4.99 Å². The molecule has 0 aliphatic carbocycles. The molecule has 1 heterocycles. The lowest BCUT2D eigenvalue weighted by atomic mass is 10.1. The molecule has 1 atom stereocenters. The first-order chi connectivity index (χ1) is 10.4. The zero-order valence-corrected chi connectivity index (χ0v) is 11.5. The van der Waals surface area contributed by atoms with Crippen molar-refractivity contribution in [2.45, 2.75) is 6.17 Å². The molecule has 0 aromatic heterocycles. The first-order valence-corrected chi connectivity index (χ1v) is 7.04. The van der Waals surface area contributed by atoms with Gasteiger partial charge in [0.1, 0.15) is 12.0 Å². The third kappa shape index (κ3) is 2.28. The summed E-state index contributed by atoms with van der Waals surface area (Å²) < 4.78 is 0. The second-order valence-corrected chi connectivity index (χ2v) is 5.12. The normalized spacial score (nSPS) is 17.5. The van der Waals surface area contributed by atoms with Gasteiger partial charge < -0.3 is 5.43 Å². The van der Waals surface area contributed by atoms with Crippen molar-refractivity contribution in [2.75, 3.05) is 0 Å². The highest BCUT2D eigenvalue weighted by Crippen LogP contribution is 2.20. The quantitative estimate of drug-likeness (QED) is 0.751. The Labute approximate surface area is 123 Å². The number of hydrogen-bond acceptors (Lipinski definition) is 3. The van der Waals surface area contributed by atoms with Crippen LogP contribution in [0.4, 0.5) is 0 Å². The summed E-state index contributed by atoms with van der Waals surface area (Å²) in [6.45, 7) is 0. The fourth-order valence-electron chi connectivity index (χ4n) is 2.61. The summed E-state index contributed by atoms with van der Waals surface area (Å²) in [5, 5.41) is 2.47. The minimum absolute atomic E-state index is 0.0346. The maximum absolute atomic E-state index is 4.73. The van der Waals surface area contributed by atoms with Crippen LogP contribution in [0, 0.1) is 0 Å². The largest absolute Gasteiger partial charge is 0.303 e. The molecule has 4 rings (SSSR count). The molecule has 0 radical (unpaired) electrons. The third-order valence-corrected chi connectivity index (χ3v) is 3.72. The third-order valence-electron chi connectivity index (χ3n) is 3.72. The van der Waals surface area contributed by atoms with Gasteiger partial charge >= 0.3 is 0 Å². The molecule has 0 amide bonds. The molecule has 1 aliphatic rings. The molecule has 1 unspecified atom stereocenters. The number of rotatable bonds is 2. The Hall–Kier alpha value is -2.65. The Morgan fingerprint density at radius 1 is 0.762 bits per heavy atom. The van der Waals surface area contributed by atoms with Gasteiger partial charge in [0.05, 0.1) is 0 Å². The van der Waals surface area contributed by atoms with Gasteiger partial charge in [-0.05, 0) is 22.4 Å². The van der Waals surface area contributed by atoms with Crippen LogP contribution in [0.2, 0.25) is 0 Å². The van der Waals surface area contributed by atoms with Crippen molar-refractivity contribution < 1.29 is 0 Å². The van der Waals surface area contributed by atoms with E-state index in [9.17, 15) is 0 Å². The van der Waals surface area contributed by atoms with Gasteiger partial charge in [-0.2, -0.15) is 0 Å². The van der Waals surface area contributed by atoms with Gasteiger partial charge in [-0.25, -0.2) is 10.4 Å². The molecule has 0 bridgehead atoms. The number of amidine groups is 1. The van der Waals surface area contributed by atoms with Crippen molar-refractivity contribution in [3.63, 3.8) is 0 Å². The van der Waals surface area contributed by atoms with E-state index in [2.05, 4.69) is 65.4 Å². The van der Waals surface area contributed by atoms with Gasteiger partial charge in [0.15, 0.2) is 0 Å². The fourth-order valence-corrected chi connectivity index (χ4v) is 2.61. The predicted octanol–water partition coefficient (Wildman–Crippen LogP) is 3.39. The van der Waals surface area contributed by atoms with Crippen molar-refractivity contribution >= 4 is 16.6 Å². The zero-order chi connectivity index (χ0) is 14.1. The highest BCUT2D eigenvalue weighted by atomic mass is 15.5. The minimum Gasteiger partial charge on any atom is -0.303 e. The summed E-state index contributed by atoms with van der Waals surface area (Å²) in [5.41, 5.74) is 8.65. The van der Waals surface area contributed by atoms with Crippen LogP contribution < -0.4 is 10.9 Å². The second-order valence-electron chi connectivity index (χ2n) is 5.12. The van der Waals surface area contributed by atoms with Crippen LogP contribution in [0.3, 0.4) is 0 Å². The van der Waals surface area contributed by atoms with Gasteiger partial charge in [0, 0.05) is 5.56 Å². The first-order valence-electron chi connectivity index (χ1n) is 7.04. The molecule has 102 valence electrons. The molecule has 3 heteroatoms. The summed E-state index contributed by atoms with van der Waals surface area (Å²) in [6.07, 6.45) is -0.0346. The van der Waals surface area contributed by atoms with E-state index in [1.54, 1.807) is 0 Å². The first kappa shape index (κ1) is 12.1. The molecule has 21 heavy (non-hydrogen) atoms. The van der Waals surface area contributed by atoms with Crippen molar-refractivity contribution in [1.29, 1.82) is 0 Å². The zero-order valence-electron chi connectivity index (χ0n) is 11.5. The van der Waals surface area contributed by atoms with E-state index in [1.165, 1.54) is 10.8 Å². The van der Waals surface area contributed by atoms with E-state index in [0.29, 0.717) is 0 Å². The van der Waals surface area contributed by atoms with Crippen LogP contribution in [0.15, 0.2) is 77.8 Å². The second kappa shape index (κ2) is 5.04. The van der Waals surface area contributed by atoms with Gasteiger partial charge in [-0.15, -0.1) is 0 Å². The summed E-state index contributed by atoms with van der Waals surface area (Å²) in [7, 11) is 0. The van der Waals surface area contributed by atoms with Crippen LogP contribution in [-0.2, 0) is 0 Å². The Morgan fingerprint density at radius 2 is 1.52 bits per heavy atom. The van der Waals surface area contributed by atoms with E-state index in [-0.39, 0.29) is 6.17 Å². The molecule has 1 aliphatic heterocycles. The van der Waals surface area contributed by atoms with Gasteiger partial charge in [-0.3, -0.25) is 0 Å². The number of hydrazine groups is 1. The van der Waals surface area contributed by atoms with E-state index < -0.39 is 0 Å². The molecule has 0 saturated carbocycles. The average Bonchev–Trinajstić information content (AvgIpc) is 3.05. The molecule has 3 aromatic carbocycles. The summed E-state index contributed by atoms with van der Waals surface area (Å²) >= 11 is 0. The van der Waals surface area contributed by atoms with Crippen LogP contribution in [0.5, 0.6) is 0 Å². The molecule has 0 saturated heterocycles. The minimum atomic E-state index is -0.0346. The molecule has 0 spiro atoms. The Kier molecular flexibility index (Phi) is 2.91. The maximum Gasteiger partial charge on any atom is 0.144 e. The van der Waals surface area contributed by atoms with Crippen LogP contribution in [0.1, 0.15) is 17.3 Å². The number of aliphatic imine (C=N–C) groups is 1. The van der Waals surface area contributed by atoms with Gasteiger partial charge in [-0.1, -0.05) is 66.7 Å². The van der Waals surface area contributed by atoms with Crippen molar-refractivity contribution in [1.82, 2.24) is 10.9 Å². The highest BCUT2D eigenvalue weighted by molar-refractivity contribution is 6.02. The topological polar surface area (TPSA) is 36.4 Å². The summed E-state index contributed by atoms with van der Waals surface area (Å²) in [6, 6.07) is 25.0. The predicted molar refractivity (Wildman–Crippen MR) is 85.9 cm³/mol. The monoisotopic (exact) mass is 273 g/mol. The number of nitrogens with one attached hydrogen (secondary N) is 2. The fraction of sp³-hybridized carbons (Fsp3) is 0.0556. The lowest BCUT2D eigenvalue weighted by Crippen LogP contribution is -2.31. The van der Waals surface area contributed by atoms with Gasteiger partial charge in [0.25, 0.3) is 0 Å². The Morgan fingerprint density at radius 3 is 2.38 bits per heavy atom. The van der Waals surface area contributed by atoms with E-state index in [1.807, 2.05) is 18.2 Å². The van der Waals surface area contributed by atoms with E-state index in [0.717, 1.165) is 17.0 Å². The van der Waals surface area contributed by atoms with Crippen molar-refractivity contribution in [3.05, 3.63) is 83.9 Å². The van der Waals surface area contributed by atoms with Crippen LogP contribution in [0.25, 0.3) is 10.8 Å². The van der Waals surface area contributed by atoms with E-state index >= 15 is 0 Å². The molecule has 3 nitrogen and oxygen atoms in total. The summed E-state index contributed by atoms with van der Waals surface area (Å²) in [5.74, 6) is 0.884. The molecular weight excluding hydrogens is 258 g/mol. The Balaban J connectivity index is 1.69. The molecule has 3 aromatic rings.